The number of tetrazole rings is 1. The highest BCUT2D eigenvalue weighted by molar-refractivity contribution is 7.98. The zero-order chi connectivity index (χ0) is 17.4. The van der Waals surface area contributed by atoms with E-state index in [1.54, 1.807) is 16.9 Å². The monoisotopic (exact) mass is 370 g/mol. The molecule has 3 heterocycles. The topological polar surface area (TPSA) is 78.0 Å². The maximum atomic E-state index is 12.1. The summed E-state index contributed by atoms with van der Waals surface area (Å²) in [5.41, 5.74) is 3.96. The summed E-state index contributed by atoms with van der Waals surface area (Å²) in [6.45, 7) is 4.13. The molecule has 0 radical (unpaired) electrons. The molecule has 0 saturated heterocycles. The molecule has 0 atom stereocenters. The summed E-state index contributed by atoms with van der Waals surface area (Å²) < 4.78 is 3.24. The number of benzene rings is 1. The number of fused-ring (bicyclic) bond motifs is 1. The van der Waals surface area contributed by atoms with Gasteiger partial charge >= 0.3 is 0 Å². The van der Waals surface area contributed by atoms with Gasteiger partial charge in [-0.15, -0.1) is 16.4 Å². The van der Waals surface area contributed by atoms with Crippen LogP contribution >= 0.6 is 23.1 Å². The molecule has 9 heteroatoms. The van der Waals surface area contributed by atoms with Crippen LogP contribution in [-0.2, 0) is 5.75 Å². The molecule has 25 heavy (non-hydrogen) atoms. The second kappa shape index (κ2) is 6.41. The van der Waals surface area contributed by atoms with E-state index in [1.807, 2.05) is 17.5 Å². The number of hydrogen-bond donors (Lipinski definition) is 0. The molecule has 3 aromatic heterocycles. The van der Waals surface area contributed by atoms with Crippen molar-refractivity contribution in [2.45, 2.75) is 24.8 Å². The normalized spacial score (nSPS) is 11.3. The van der Waals surface area contributed by atoms with Crippen molar-refractivity contribution in [2.75, 3.05) is 0 Å². The Morgan fingerprint density at radius 3 is 2.92 bits per heavy atom. The average Bonchev–Trinajstić information content (AvgIpc) is 3.24. The van der Waals surface area contributed by atoms with Gasteiger partial charge in [0.25, 0.3) is 5.56 Å². The molecule has 0 bridgehead atoms. The van der Waals surface area contributed by atoms with Gasteiger partial charge in [0, 0.05) is 23.4 Å². The van der Waals surface area contributed by atoms with Crippen molar-refractivity contribution >= 4 is 28.1 Å². The summed E-state index contributed by atoms with van der Waals surface area (Å²) in [6.07, 6.45) is 1.73. The third-order valence-electron chi connectivity index (χ3n) is 3.88. The highest BCUT2D eigenvalue weighted by Gasteiger charge is 2.11. The van der Waals surface area contributed by atoms with E-state index >= 15 is 0 Å². The van der Waals surface area contributed by atoms with Crippen molar-refractivity contribution in [1.29, 1.82) is 0 Å². The predicted octanol–water partition coefficient (Wildman–Crippen LogP) is 2.64. The third kappa shape index (κ3) is 3.08. The molecule has 126 valence electrons. The van der Waals surface area contributed by atoms with Crippen molar-refractivity contribution in [2.24, 2.45) is 0 Å². The average molecular weight is 370 g/mol. The number of thiazole rings is 1. The summed E-state index contributed by atoms with van der Waals surface area (Å²) in [4.78, 5) is 17.3. The van der Waals surface area contributed by atoms with Crippen LogP contribution < -0.4 is 5.56 Å². The third-order valence-corrected chi connectivity index (χ3v) is 5.59. The van der Waals surface area contributed by atoms with Gasteiger partial charge in [-0.1, -0.05) is 17.8 Å². The smallest absolute Gasteiger partial charge is 0.258 e. The fourth-order valence-electron chi connectivity index (χ4n) is 2.39. The molecule has 0 N–H and O–H groups in total. The molecule has 0 aliphatic carbocycles. The number of thioether (sulfide) groups is 1. The van der Waals surface area contributed by atoms with Crippen LogP contribution in [0, 0.1) is 13.8 Å². The second-order valence-corrected chi connectivity index (χ2v) is 7.39. The van der Waals surface area contributed by atoms with Gasteiger partial charge < -0.3 is 0 Å². The van der Waals surface area contributed by atoms with E-state index in [-0.39, 0.29) is 5.56 Å². The summed E-state index contributed by atoms with van der Waals surface area (Å²) in [5.74, 6) is 0.523. The van der Waals surface area contributed by atoms with Gasteiger partial charge in [-0.2, -0.15) is 4.68 Å². The Labute approximate surface area is 151 Å². The largest absolute Gasteiger partial charge is 0.269 e. The lowest BCUT2D eigenvalue weighted by molar-refractivity contribution is 0.755. The Bertz CT molecular complexity index is 1110. The van der Waals surface area contributed by atoms with Crippen molar-refractivity contribution < 1.29 is 0 Å². The van der Waals surface area contributed by atoms with E-state index in [0.717, 1.165) is 5.69 Å². The van der Waals surface area contributed by atoms with Gasteiger partial charge in [-0.25, -0.2) is 4.98 Å². The summed E-state index contributed by atoms with van der Waals surface area (Å²) in [6, 6.07) is 7.65. The van der Waals surface area contributed by atoms with Crippen LogP contribution in [0.25, 0.3) is 10.6 Å². The van der Waals surface area contributed by atoms with E-state index in [1.165, 1.54) is 38.6 Å². The number of aromatic nitrogens is 6. The van der Waals surface area contributed by atoms with Crippen LogP contribution in [0.3, 0.4) is 0 Å². The molecule has 4 aromatic rings. The lowest BCUT2D eigenvalue weighted by Crippen LogP contribution is -2.12. The van der Waals surface area contributed by atoms with Gasteiger partial charge in [0.05, 0.1) is 11.4 Å². The Hall–Kier alpha value is -2.52. The molecule has 0 unspecified atom stereocenters. The highest BCUT2D eigenvalue weighted by Crippen LogP contribution is 2.23. The lowest BCUT2D eigenvalue weighted by Gasteiger charge is -2.07. The van der Waals surface area contributed by atoms with E-state index < -0.39 is 0 Å². The summed E-state index contributed by atoms with van der Waals surface area (Å²) >= 11 is 2.89. The predicted molar refractivity (Wildman–Crippen MR) is 97.5 cm³/mol. The lowest BCUT2D eigenvalue weighted by atomic mass is 10.1. The number of nitrogens with zero attached hydrogens (tertiary/aromatic N) is 6. The first-order valence-corrected chi connectivity index (χ1v) is 9.43. The van der Waals surface area contributed by atoms with Gasteiger partial charge in [0.1, 0.15) is 0 Å². The van der Waals surface area contributed by atoms with E-state index in [2.05, 4.69) is 40.4 Å². The Kier molecular flexibility index (Phi) is 4.10. The van der Waals surface area contributed by atoms with Crippen molar-refractivity contribution in [3.8, 4) is 5.69 Å². The summed E-state index contributed by atoms with van der Waals surface area (Å²) in [7, 11) is 0. The zero-order valence-corrected chi connectivity index (χ0v) is 15.2. The fourth-order valence-corrected chi connectivity index (χ4v) is 3.91. The molecule has 0 fully saturated rings. The summed E-state index contributed by atoms with van der Waals surface area (Å²) in [5, 5.41) is 14.5. The molecule has 0 spiro atoms. The van der Waals surface area contributed by atoms with E-state index in [4.69, 9.17) is 0 Å². The zero-order valence-electron chi connectivity index (χ0n) is 13.6. The van der Waals surface area contributed by atoms with E-state index in [9.17, 15) is 4.79 Å². The first-order valence-electron chi connectivity index (χ1n) is 7.56. The number of hydrogen-bond acceptors (Lipinski definition) is 7. The first-order chi connectivity index (χ1) is 12.1. The molecular weight excluding hydrogens is 356 g/mol. The van der Waals surface area contributed by atoms with Crippen LogP contribution in [0.15, 0.2) is 45.8 Å². The van der Waals surface area contributed by atoms with E-state index in [0.29, 0.717) is 21.6 Å². The Morgan fingerprint density at radius 1 is 1.20 bits per heavy atom. The second-order valence-electron chi connectivity index (χ2n) is 5.57. The standard InChI is InChI=1S/C16H14N6OS2/c1-10-3-4-13(7-11(10)2)22-16(18-19-20-22)25-9-12-8-14(23)21-5-6-24-15(21)17-12/h3-8H,9H2,1-2H3. The van der Waals surface area contributed by atoms with Crippen molar-refractivity contribution in [3.63, 3.8) is 0 Å². The Balaban J connectivity index is 1.60. The quantitative estimate of drug-likeness (QED) is 0.514. The molecule has 0 saturated carbocycles. The maximum absolute atomic E-state index is 12.1. The van der Waals surface area contributed by atoms with Gasteiger partial charge in [-0.3, -0.25) is 9.20 Å². The minimum absolute atomic E-state index is 0.0735. The number of aryl methyl sites for hydroxylation is 2. The van der Waals surface area contributed by atoms with Crippen LogP contribution in [0.2, 0.25) is 0 Å². The van der Waals surface area contributed by atoms with Crippen LogP contribution in [0.1, 0.15) is 16.8 Å². The van der Waals surface area contributed by atoms with Crippen molar-refractivity contribution in [1.82, 2.24) is 29.6 Å². The molecule has 0 amide bonds. The van der Waals surface area contributed by atoms with Crippen LogP contribution in [-0.4, -0.2) is 29.6 Å². The molecule has 0 aliphatic rings. The molecule has 0 aliphatic heterocycles. The maximum Gasteiger partial charge on any atom is 0.258 e. The SMILES string of the molecule is Cc1ccc(-n2nnnc2SCc2cc(=O)n3ccsc3n2)cc1C. The fraction of sp³-hybridized carbons (Fsp3) is 0.188. The van der Waals surface area contributed by atoms with Gasteiger partial charge in [-0.05, 0) is 47.5 Å². The molecule has 4 rings (SSSR count). The molecule has 7 nitrogen and oxygen atoms in total. The minimum Gasteiger partial charge on any atom is -0.269 e. The van der Waals surface area contributed by atoms with Gasteiger partial charge in [0.15, 0.2) is 4.96 Å². The number of rotatable bonds is 4. The van der Waals surface area contributed by atoms with Crippen molar-refractivity contribution in [3.05, 3.63) is 63.0 Å². The van der Waals surface area contributed by atoms with Gasteiger partial charge in [0.2, 0.25) is 5.16 Å². The first kappa shape index (κ1) is 16.0. The molecular formula is C16H14N6OS2. The minimum atomic E-state index is -0.0735. The van der Waals surface area contributed by atoms with Crippen LogP contribution in [0.4, 0.5) is 0 Å². The Morgan fingerprint density at radius 2 is 2.08 bits per heavy atom. The van der Waals surface area contributed by atoms with Crippen LogP contribution in [0.5, 0.6) is 0 Å². The highest BCUT2D eigenvalue weighted by atomic mass is 32.2. The molecule has 1 aromatic carbocycles.